The Morgan fingerprint density at radius 2 is 1.66 bits per heavy atom. The summed E-state index contributed by atoms with van der Waals surface area (Å²) in [4.78, 5) is 12.1. The van der Waals surface area contributed by atoms with E-state index in [1.165, 1.54) is 42.6 Å². The van der Waals surface area contributed by atoms with Crippen LogP contribution < -0.4 is 9.61 Å². The van der Waals surface area contributed by atoms with Crippen molar-refractivity contribution in [3.8, 4) is 5.75 Å². The number of hydrogen-bond donors (Lipinski definition) is 1. The van der Waals surface area contributed by atoms with Crippen LogP contribution in [0.2, 0.25) is 5.02 Å². The molecule has 0 radical (unpaired) electrons. The second-order valence-corrected chi connectivity index (χ2v) is 8.06. The fraction of sp³-hybridized carbons (Fsp3) is 0.0476. The van der Waals surface area contributed by atoms with Gasteiger partial charge in [-0.1, -0.05) is 29.8 Å². The zero-order valence-corrected chi connectivity index (χ0v) is 16.9. The number of aryl methyl sites for hydroxylation is 1. The van der Waals surface area contributed by atoms with Gasteiger partial charge in [0.1, 0.15) is 10.6 Å². The normalized spacial score (nSPS) is 11.4. The molecule has 0 aliphatic carbocycles. The number of hydrogen-bond acceptors (Lipinski definition) is 5. The van der Waals surface area contributed by atoms with Crippen molar-refractivity contribution in [2.24, 2.45) is 5.10 Å². The molecule has 0 heterocycles. The van der Waals surface area contributed by atoms with E-state index < -0.39 is 10.1 Å². The SMILES string of the molecule is Cc1ccccc1C(=O)N/N=C\c1ccc(OS(=O)(=O)c2ccc(Cl)cc2)cc1. The van der Waals surface area contributed by atoms with Crippen molar-refractivity contribution in [3.05, 3.63) is 94.5 Å². The summed E-state index contributed by atoms with van der Waals surface area (Å²) < 4.78 is 29.6. The third-order valence-corrected chi connectivity index (χ3v) is 5.47. The lowest BCUT2D eigenvalue weighted by molar-refractivity contribution is 0.0954. The van der Waals surface area contributed by atoms with Crippen LogP contribution in [0.3, 0.4) is 0 Å². The van der Waals surface area contributed by atoms with Crippen molar-refractivity contribution < 1.29 is 17.4 Å². The van der Waals surface area contributed by atoms with Gasteiger partial charge in [-0.25, -0.2) is 5.43 Å². The number of carbonyl (C=O) groups is 1. The first-order valence-corrected chi connectivity index (χ1v) is 10.3. The molecule has 3 aromatic rings. The molecule has 0 unspecified atom stereocenters. The Morgan fingerprint density at radius 3 is 2.31 bits per heavy atom. The molecule has 8 heteroatoms. The van der Waals surface area contributed by atoms with Gasteiger partial charge >= 0.3 is 10.1 Å². The van der Waals surface area contributed by atoms with Crippen LogP contribution in [0.15, 0.2) is 82.8 Å². The van der Waals surface area contributed by atoms with Crippen molar-refractivity contribution in [2.45, 2.75) is 11.8 Å². The fourth-order valence-corrected chi connectivity index (χ4v) is 3.49. The summed E-state index contributed by atoms with van der Waals surface area (Å²) in [5.41, 5.74) is 4.51. The van der Waals surface area contributed by atoms with Crippen LogP contribution in [0.25, 0.3) is 0 Å². The number of hydrazone groups is 1. The highest BCUT2D eigenvalue weighted by atomic mass is 35.5. The van der Waals surface area contributed by atoms with Gasteiger partial charge in [-0.2, -0.15) is 13.5 Å². The molecule has 6 nitrogen and oxygen atoms in total. The Balaban J connectivity index is 1.63. The van der Waals surface area contributed by atoms with Gasteiger partial charge in [0.2, 0.25) is 0 Å². The number of amides is 1. The molecule has 0 fully saturated rings. The molecule has 29 heavy (non-hydrogen) atoms. The number of halogens is 1. The Morgan fingerprint density at radius 1 is 1.00 bits per heavy atom. The third kappa shape index (κ3) is 5.43. The minimum Gasteiger partial charge on any atom is -0.379 e. The summed E-state index contributed by atoms with van der Waals surface area (Å²) in [5, 5.41) is 4.36. The summed E-state index contributed by atoms with van der Waals surface area (Å²) in [6.45, 7) is 1.84. The van der Waals surface area contributed by atoms with Crippen LogP contribution in [0.5, 0.6) is 5.75 Å². The van der Waals surface area contributed by atoms with E-state index in [1.807, 2.05) is 19.1 Å². The van der Waals surface area contributed by atoms with Gasteiger partial charge < -0.3 is 4.18 Å². The van der Waals surface area contributed by atoms with E-state index in [9.17, 15) is 13.2 Å². The van der Waals surface area contributed by atoms with Crippen molar-refractivity contribution in [1.82, 2.24) is 5.43 Å². The lowest BCUT2D eigenvalue weighted by Gasteiger charge is -2.07. The van der Waals surface area contributed by atoms with Crippen molar-refractivity contribution in [3.63, 3.8) is 0 Å². The van der Waals surface area contributed by atoms with Crippen LogP contribution in [0, 0.1) is 6.92 Å². The number of benzene rings is 3. The highest BCUT2D eigenvalue weighted by molar-refractivity contribution is 7.87. The first kappa shape index (κ1) is 20.6. The first-order chi connectivity index (χ1) is 13.8. The summed E-state index contributed by atoms with van der Waals surface area (Å²) in [6.07, 6.45) is 1.45. The molecule has 3 rings (SSSR count). The summed E-state index contributed by atoms with van der Waals surface area (Å²) in [5.74, 6) is -0.158. The van der Waals surface area contributed by atoms with Crippen LogP contribution in [-0.2, 0) is 10.1 Å². The van der Waals surface area contributed by atoms with Gasteiger partial charge in [0.05, 0.1) is 6.21 Å². The predicted molar refractivity (Wildman–Crippen MR) is 112 cm³/mol. The molecule has 1 N–H and O–H groups in total. The second-order valence-electron chi connectivity index (χ2n) is 6.07. The fourth-order valence-electron chi connectivity index (χ4n) is 2.44. The average molecular weight is 429 g/mol. The monoisotopic (exact) mass is 428 g/mol. The number of carbonyl (C=O) groups excluding carboxylic acids is 1. The van der Waals surface area contributed by atoms with Gasteiger partial charge in [-0.3, -0.25) is 4.79 Å². The second kappa shape index (κ2) is 8.89. The van der Waals surface area contributed by atoms with E-state index in [4.69, 9.17) is 15.8 Å². The van der Waals surface area contributed by atoms with Crippen molar-refractivity contribution >= 4 is 33.8 Å². The van der Waals surface area contributed by atoms with Gasteiger partial charge in [0.25, 0.3) is 5.91 Å². The smallest absolute Gasteiger partial charge is 0.339 e. The lowest BCUT2D eigenvalue weighted by Crippen LogP contribution is -2.18. The van der Waals surface area contributed by atoms with E-state index in [1.54, 1.807) is 24.3 Å². The highest BCUT2D eigenvalue weighted by Crippen LogP contribution is 2.20. The average Bonchev–Trinajstić information content (AvgIpc) is 2.69. The lowest BCUT2D eigenvalue weighted by atomic mass is 10.1. The summed E-state index contributed by atoms with van der Waals surface area (Å²) >= 11 is 5.77. The van der Waals surface area contributed by atoms with Gasteiger partial charge in [-0.05, 0) is 72.6 Å². The molecule has 0 aromatic heterocycles. The van der Waals surface area contributed by atoms with Crippen molar-refractivity contribution in [2.75, 3.05) is 0 Å². The zero-order chi connectivity index (χ0) is 20.9. The van der Waals surface area contributed by atoms with E-state index in [-0.39, 0.29) is 16.6 Å². The minimum absolute atomic E-state index is 0.00598. The minimum atomic E-state index is -3.96. The molecule has 0 spiro atoms. The molecule has 0 saturated heterocycles. The quantitative estimate of drug-likeness (QED) is 0.362. The molecule has 0 atom stereocenters. The summed E-state index contributed by atoms with van der Waals surface area (Å²) in [7, 11) is -3.96. The number of nitrogens with one attached hydrogen (secondary N) is 1. The third-order valence-electron chi connectivity index (χ3n) is 3.96. The van der Waals surface area contributed by atoms with E-state index in [0.717, 1.165) is 5.56 Å². The maximum atomic E-state index is 12.3. The molecular formula is C21H17ClN2O4S. The van der Waals surface area contributed by atoms with E-state index in [2.05, 4.69) is 10.5 Å². The number of nitrogens with zero attached hydrogens (tertiary/aromatic N) is 1. The predicted octanol–water partition coefficient (Wildman–Crippen LogP) is 4.18. The molecule has 148 valence electrons. The van der Waals surface area contributed by atoms with E-state index >= 15 is 0 Å². The molecule has 3 aromatic carbocycles. The maximum absolute atomic E-state index is 12.3. The number of rotatable bonds is 6. The Bertz CT molecular complexity index is 1140. The van der Waals surface area contributed by atoms with Crippen LogP contribution >= 0.6 is 11.6 Å². The molecular weight excluding hydrogens is 412 g/mol. The van der Waals surface area contributed by atoms with Crippen molar-refractivity contribution in [1.29, 1.82) is 0 Å². The summed E-state index contributed by atoms with van der Waals surface area (Å²) in [6, 6.07) is 19.1. The topological polar surface area (TPSA) is 84.8 Å². The molecule has 1 amide bonds. The maximum Gasteiger partial charge on any atom is 0.339 e. The molecule has 0 aliphatic heterocycles. The van der Waals surface area contributed by atoms with Crippen LogP contribution in [-0.4, -0.2) is 20.5 Å². The van der Waals surface area contributed by atoms with Crippen LogP contribution in [0.1, 0.15) is 21.5 Å². The van der Waals surface area contributed by atoms with Gasteiger partial charge in [0.15, 0.2) is 0 Å². The molecule has 0 aliphatic rings. The highest BCUT2D eigenvalue weighted by Gasteiger charge is 2.16. The molecule has 0 saturated carbocycles. The zero-order valence-electron chi connectivity index (χ0n) is 15.4. The first-order valence-electron chi connectivity index (χ1n) is 8.54. The standard InChI is InChI=1S/C21H17ClN2O4S/c1-15-4-2-3-5-20(15)21(25)24-23-14-16-6-10-18(11-7-16)28-29(26,27)19-12-8-17(22)9-13-19/h2-14H,1H3,(H,24,25)/b23-14-. The molecule has 0 bridgehead atoms. The Kier molecular flexibility index (Phi) is 6.31. The Labute approximate surface area is 173 Å². The van der Waals surface area contributed by atoms with Gasteiger partial charge in [-0.15, -0.1) is 0 Å². The van der Waals surface area contributed by atoms with E-state index in [0.29, 0.717) is 16.1 Å². The largest absolute Gasteiger partial charge is 0.379 e. The Hall–Kier alpha value is -3.16. The van der Waals surface area contributed by atoms with Crippen LogP contribution in [0.4, 0.5) is 0 Å². The van der Waals surface area contributed by atoms with Gasteiger partial charge in [0, 0.05) is 10.6 Å².